The Kier molecular flexibility index (Phi) is 9.85. The van der Waals surface area contributed by atoms with E-state index in [9.17, 15) is 18.5 Å². The number of hydrogen-bond donors (Lipinski definition) is 4. The van der Waals surface area contributed by atoms with Crippen molar-refractivity contribution >= 4 is 72.9 Å². The second-order valence-electron chi connectivity index (χ2n) is 8.81. The minimum absolute atomic E-state index is 0. The fourth-order valence-corrected chi connectivity index (χ4v) is 5.27. The van der Waals surface area contributed by atoms with E-state index >= 15 is 0 Å². The molecule has 0 atom stereocenters. The first-order chi connectivity index (χ1) is 18.2. The van der Waals surface area contributed by atoms with Crippen molar-refractivity contribution in [2.45, 2.75) is 25.7 Å². The van der Waals surface area contributed by atoms with E-state index in [1.165, 1.54) is 12.1 Å². The lowest BCUT2D eigenvalue weighted by molar-refractivity contribution is -0.384. The Bertz CT molecular complexity index is 1590. The number of benzene rings is 3. The van der Waals surface area contributed by atoms with E-state index in [-0.39, 0.29) is 29.8 Å². The summed E-state index contributed by atoms with van der Waals surface area (Å²) in [6.45, 7) is 0.540. The highest BCUT2D eigenvalue weighted by atomic mass is 35.5. The number of nitro benzene ring substituents is 1. The van der Waals surface area contributed by atoms with Crippen molar-refractivity contribution in [3.8, 4) is 0 Å². The molecule has 0 radical (unpaired) electrons. The number of fused-ring (bicyclic) bond motifs is 2. The normalized spacial score (nSPS) is 11.1. The van der Waals surface area contributed by atoms with E-state index in [0.29, 0.717) is 29.7 Å². The first-order valence-corrected chi connectivity index (χ1v) is 13.8. The second kappa shape index (κ2) is 13.1. The molecule has 4 rings (SSSR count). The Morgan fingerprint density at radius 2 is 1.56 bits per heavy atom. The predicted octanol–water partition coefficient (Wildman–Crippen LogP) is 5.04. The number of aromatic nitrogens is 1. The van der Waals surface area contributed by atoms with Crippen LogP contribution in [0, 0.1) is 10.1 Å². The summed E-state index contributed by atoms with van der Waals surface area (Å²) < 4.78 is 27.6. The molecular formula is C26H30ClN7O4S. The molecule has 6 N–H and O–H groups in total. The van der Waals surface area contributed by atoms with Gasteiger partial charge in [0.1, 0.15) is 0 Å². The molecule has 0 amide bonds. The summed E-state index contributed by atoms with van der Waals surface area (Å²) in [5, 5.41) is 16.2. The van der Waals surface area contributed by atoms with Gasteiger partial charge in [-0.05, 0) is 49.2 Å². The molecule has 13 heteroatoms. The molecule has 0 spiro atoms. The molecule has 4 aromatic rings. The maximum absolute atomic E-state index is 12.5. The van der Waals surface area contributed by atoms with Crippen LogP contribution < -0.4 is 21.5 Å². The van der Waals surface area contributed by atoms with E-state index < -0.39 is 14.9 Å². The highest BCUT2D eigenvalue weighted by molar-refractivity contribution is 7.92. The quantitative estimate of drug-likeness (QED) is 0.0456. The molecule has 0 saturated carbocycles. The van der Waals surface area contributed by atoms with Crippen molar-refractivity contribution in [1.82, 2.24) is 4.98 Å². The van der Waals surface area contributed by atoms with E-state index in [1.54, 1.807) is 30.3 Å². The van der Waals surface area contributed by atoms with Crippen LogP contribution in [0.3, 0.4) is 0 Å². The van der Waals surface area contributed by atoms with E-state index in [2.05, 4.69) is 20.0 Å². The lowest BCUT2D eigenvalue weighted by Crippen LogP contribution is -2.22. The molecule has 0 unspecified atom stereocenters. The van der Waals surface area contributed by atoms with Gasteiger partial charge in [-0.2, -0.15) is 0 Å². The van der Waals surface area contributed by atoms with Crippen LogP contribution in [0.15, 0.2) is 71.7 Å². The molecular weight excluding hydrogens is 542 g/mol. The molecule has 0 saturated heterocycles. The van der Waals surface area contributed by atoms with Crippen LogP contribution in [0.2, 0.25) is 0 Å². The van der Waals surface area contributed by atoms with Crippen LogP contribution in [-0.2, 0) is 10.0 Å². The summed E-state index contributed by atoms with van der Waals surface area (Å²) in [5.41, 5.74) is 13.7. The van der Waals surface area contributed by atoms with Gasteiger partial charge in [0.25, 0.3) is 5.69 Å². The van der Waals surface area contributed by atoms with Gasteiger partial charge in [-0.1, -0.05) is 31.0 Å². The summed E-state index contributed by atoms with van der Waals surface area (Å²) in [6.07, 6.45) is 2.95. The first kappa shape index (κ1) is 29.4. The van der Waals surface area contributed by atoms with Gasteiger partial charge in [-0.25, -0.2) is 13.4 Å². The van der Waals surface area contributed by atoms with Crippen molar-refractivity contribution in [3.63, 3.8) is 0 Å². The fraction of sp³-hybridized carbons (Fsp3) is 0.231. The minimum atomic E-state index is -3.48. The van der Waals surface area contributed by atoms with Gasteiger partial charge in [0.05, 0.1) is 27.4 Å². The van der Waals surface area contributed by atoms with Crippen molar-refractivity contribution in [3.05, 3.63) is 76.8 Å². The highest BCUT2D eigenvalue weighted by Crippen LogP contribution is 2.34. The van der Waals surface area contributed by atoms with Crippen LogP contribution in [0.4, 0.5) is 22.7 Å². The van der Waals surface area contributed by atoms with Crippen LogP contribution in [-0.4, -0.2) is 36.6 Å². The summed E-state index contributed by atoms with van der Waals surface area (Å²) >= 11 is 0. The predicted molar refractivity (Wildman–Crippen MR) is 159 cm³/mol. The number of guanidine groups is 1. The summed E-state index contributed by atoms with van der Waals surface area (Å²) in [4.78, 5) is 19.3. The summed E-state index contributed by atoms with van der Waals surface area (Å²) in [7, 11) is -3.48. The number of halogens is 1. The number of unbranched alkanes of at least 4 members (excludes halogenated alkanes) is 3. The van der Waals surface area contributed by atoms with Crippen molar-refractivity contribution in [1.29, 1.82) is 0 Å². The largest absolute Gasteiger partial charge is 0.370 e. The number of nitrogens with zero attached hydrogens (tertiary/aromatic N) is 3. The third-order valence-electron chi connectivity index (χ3n) is 5.92. The maximum Gasteiger partial charge on any atom is 0.271 e. The number of rotatable bonds is 12. The Labute approximate surface area is 232 Å². The molecule has 1 aromatic heterocycles. The highest BCUT2D eigenvalue weighted by Gasteiger charge is 2.14. The lowest BCUT2D eigenvalue weighted by Gasteiger charge is -2.14. The summed E-state index contributed by atoms with van der Waals surface area (Å²) in [5.74, 6) is 0.0860. The standard InChI is InChI=1S/C26H29N7O4S.ClH/c27-26(28)29-15-5-1-2-6-16-38(36,37)32-19-11-9-18(10-12-19)30-25-21-7-3-4-8-23(21)31-24-17-20(33(34)35)13-14-22(24)25;/h3-4,7-14,17,32H,1-2,5-6,15-16H2,(H,30,31)(H4,27,28,29);1H. The molecule has 11 nitrogen and oxygen atoms in total. The number of para-hydroxylation sites is 1. The lowest BCUT2D eigenvalue weighted by atomic mass is 10.1. The fourth-order valence-electron chi connectivity index (χ4n) is 4.09. The number of nitrogens with two attached hydrogens (primary N) is 2. The smallest absolute Gasteiger partial charge is 0.271 e. The average molecular weight is 572 g/mol. The van der Waals surface area contributed by atoms with Crippen molar-refractivity contribution in [2.75, 3.05) is 22.3 Å². The molecule has 3 aromatic carbocycles. The average Bonchev–Trinajstić information content (AvgIpc) is 2.88. The molecule has 0 fully saturated rings. The SMILES string of the molecule is Cl.NC(N)=NCCCCCCS(=O)(=O)Nc1ccc(Nc2c3ccccc3nc3cc([N+](=O)[O-])ccc23)cc1. The summed E-state index contributed by atoms with van der Waals surface area (Å²) in [6, 6.07) is 19.0. The number of nitro groups is 1. The van der Waals surface area contributed by atoms with Gasteiger partial charge in [-0.15, -0.1) is 12.4 Å². The Balaban J connectivity index is 0.00000420. The van der Waals surface area contributed by atoms with Crippen molar-refractivity contribution < 1.29 is 13.3 Å². The number of non-ortho nitro benzene ring substituents is 1. The Hall–Kier alpha value is -4.16. The zero-order valence-corrected chi connectivity index (χ0v) is 22.7. The van der Waals surface area contributed by atoms with Gasteiger partial charge in [0.15, 0.2) is 5.96 Å². The number of pyridine rings is 1. The Morgan fingerprint density at radius 3 is 2.28 bits per heavy atom. The maximum atomic E-state index is 12.5. The van der Waals surface area contributed by atoms with Gasteiger partial charge in [0, 0.05) is 40.8 Å². The zero-order chi connectivity index (χ0) is 27.1. The van der Waals surface area contributed by atoms with Crippen LogP contribution >= 0.6 is 12.4 Å². The first-order valence-electron chi connectivity index (χ1n) is 12.1. The van der Waals surface area contributed by atoms with E-state index in [0.717, 1.165) is 41.4 Å². The molecule has 0 aliphatic rings. The molecule has 206 valence electrons. The monoisotopic (exact) mass is 571 g/mol. The third-order valence-corrected chi connectivity index (χ3v) is 7.29. The third kappa shape index (κ3) is 7.91. The minimum Gasteiger partial charge on any atom is -0.370 e. The number of anilines is 3. The molecule has 1 heterocycles. The van der Waals surface area contributed by atoms with Crippen LogP contribution in [0.1, 0.15) is 25.7 Å². The second-order valence-corrected chi connectivity index (χ2v) is 10.6. The van der Waals surface area contributed by atoms with Gasteiger partial charge < -0.3 is 16.8 Å². The van der Waals surface area contributed by atoms with Gasteiger partial charge in [-0.3, -0.25) is 19.8 Å². The number of sulfonamides is 1. The Morgan fingerprint density at radius 1 is 0.897 bits per heavy atom. The van der Waals surface area contributed by atoms with Crippen LogP contribution in [0.25, 0.3) is 21.8 Å². The molecule has 0 aliphatic heterocycles. The molecule has 0 aliphatic carbocycles. The van der Waals surface area contributed by atoms with E-state index in [1.807, 2.05) is 24.3 Å². The molecule has 39 heavy (non-hydrogen) atoms. The zero-order valence-electron chi connectivity index (χ0n) is 21.0. The molecule has 0 bridgehead atoms. The van der Waals surface area contributed by atoms with Gasteiger partial charge in [0.2, 0.25) is 10.0 Å². The van der Waals surface area contributed by atoms with Crippen LogP contribution in [0.5, 0.6) is 0 Å². The van der Waals surface area contributed by atoms with Crippen molar-refractivity contribution in [2.24, 2.45) is 16.5 Å². The van der Waals surface area contributed by atoms with E-state index in [4.69, 9.17) is 11.5 Å². The number of nitrogens with one attached hydrogen (secondary N) is 2. The number of hydrogen-bond acceptors (Lipinski definition) is 7. The number of aliphatic imine (C=N–C) groups is 1. The van der Waals surface area contributed by atoms with Gasteiger partial charge >= 0.3 is 0 Å². The topological polar surface area (TPSA) is 179 Å².